The Morgan fingerprint density at radius 3 is 2.29 bits per heavy atom. The zero-order chi connectivity index (χ0) is 19.7. The second-order valence-electron chi connectivity index (χ2n) is 8.33. The minimum atomic E-state index is 0.606. The van der Waals surface area contributed by atoms with Gasteiger partial charge in [-0.15, -0.1) is 0 Å². The number of hydrogen-bond donors (Lipinski definition) is 1. The van der Waals surface area contributed by atoms with Crippen LogP contribution < -0.4 is 5.32 Å². The maximum atomic E-state index is 3.77. The van der Waals surface area contributed by atoms with Gasteiger partial charge in [-0.25, -0.2) is 0 Å². The minimum absolute atomic E-state index is 0.606. The molecule has 1 aliphatic rings. The molecule has 0 aliphatic heterocycles. The summed E-state index contributed by atoms with van der Waals surface area (Å²) in [6.07, 6.45) is 27.8. The number of hydrogen-bond acceptors (Lipinski definition) is 1. The van der Waals surface area contributed by atoms with Gasteiger partial charge in [-0.2, -0.15) is 0 Å². The Bertz CT molecular complexity index is 557. The molecule has 1 aromatic carbocycles. The number of unbranched alkanes of at least 4 members (excludes halogenated alkanes) is 9. The van der Waals surface area contributed by atoms with E-state index in [1.165, 1.54) is 90.0 Å². The van der Waals surface area contributed by atoms with Crippen molar-refractivity contribution in [1.82, 2.24) is 5.32 Å². The predicted octanol–water partition coefficient (Wildman–Crippen LogP) is 8.08. The van der Waals surface area contributed by atoms with Gasteiger partial charge in [0, 0.05) is 6.04 Å². The summed E-state index contributed by atoms with van der Waals surface area (Å²) < 4.78 is 0. The maximum absolute atomic E-state index is 3.77. The number of nitrogens with one attached hydrogen (secondary N) is 1. The van der Waals surface area contributed by atoms with Crippen LogP contribution in [0.1, 0.15) is 108 Å². The molecule has 0 amide bonds. The summed E-state index contributed by atoms with van der Waals surface area (Å²) in [5.74, 6) is 0. The van der Waals surface area contributed by atoms with Gasteiger partial charge in [-0.1, -0.05) is 94.0 Å². The maximum Gasteiger partial charge on any atom is 0.0326 e. The Morgan fingerprint density at radius 1 is 0.821 bits per heavy atom. The zero-order valence-electron chi connectivity index (χ0n) is 18.3. The van der Waals surface area contributed by atoms with E-state index in [0.29, 0.717) is 6.04 Å². The zero-order valence-corrected chi connectivity index (χ0v) is 18.3. The monoisotopic (exact) mass is 381 g/mol. The van der Waals surface area contributed by atoms with E-state index in [2.05, 4.69) is 60.8 Å². The smallest absolute Gasteiger partial charge is 0.0326 e. The first-order valence-corrected chi connectivity index (χ1v) is 12.0. The molecule has 2 rings (SSSR count). The second kappa shape index (κ2) is 15.6. The van der Waals surface area contributed by atoms with Gasteiger partial charge >= 0.3 is 0 Å². The van der Waals surface area contributed by atoms with E-state index in [4.69, 9.17) is 0 Å². The highest BCUT2D eigenvalue weighted by atomic mass is 14.9. The molecule has 0 saturated heterocycles. The largest absolute Gasteiger partial charge is 0.310 e. The summed E-state index contributed by atoms with van der Waals surface area (Å²) in [4.78, 5) is 0. The molecule has 1 aliphatic carbocycles. The van der Waals surface area contributed by atoms with Crippen molar-refractivity contribution < 1.29 is 0 Å². The van der Waals surface area contributed by atoms with Gasteiger partial charge in [-0.05, 0) is 69.0 Å². The van der Waals surface area contributed by atoms with Gasteiger partial charge in [0.05, 0.1) is 0 Å². The number of allylic oxidation sites excluding steroid dienone is 4. The molecule has 0 bridgehead atoms. The number of rotatable bonds is 16. The highest BCUT2D eigenvalue weighted by Crippen LogP contribution is 2.30. The van der Waals surface area contributed by atoms with Crippen molar-refractivity contribution in [3.63, 3.8) is 0 Å². The van der Waals surface area contributed by atoms with Crippen LogP contribution in [0.4, 0.5) is 0 Å². The quantitative estimate of drug-likeness (QED) is 0.225. The van der Waals surface area contributed by atoms with Gasteiger partial charge in [0.15, 0.2) is 0 Å². The van der Waals surface area contributed by atoms with Crippen molar-refractivity contribution in [1.29, 1.82) is 0 Å². The van der Waals surface area contributed by atoms with Crippen molar-refractivity contribution in [2.75, 3.05) is 6.54 Å². The summed E-state index contributed by atoms with van der Waals surface area (Å²) in [5.41, 5.74) is 3.10. The number of fused-ring (bicyclic) bond motifs is 1. The highest BCUT2D eigenvalue weighted by Gasteiger charge is 2.20. The van der Waals surface area contributed by atoms with E-state index < -0.39 is 0 Å². The molecule has 0 aromatic heterocycles. The van der Waals surface area contributed by atoms with Crippen LogP contribution in [0.5, 0.6) is 0 Å². The standard InChI is InChI=1S/C27H43N/c1-2-3-4-5-6-7-8-9-10-11-12-13-14-15-16-19-24-28-27-23-22-25-20-17-18-21-26(25)27/h6-7,9-10,17-18,20-21,27-28H,2-5,8,11-16,19,22-24H2,1H3. The van der Waals surface area contributed by atoms with Crippen molar-refractivity contribution in [2.24, 2.45) is 0 Å². The van der Waals surface area contributed by atoms with Crippen LogP contribution in [0.2, 0.25) is 0 Å². The number of aryl methyl sites for hydroxylation is 1. The highest BCUT2D eigenvalue weighted by molar-refractivity contribution is 5.34. The van der Waals surface area contributed by atoms with Crippen molar-refractivity contribution >= 4 is 0 Å². The molecule has 0 heterocycles. The molecule has 28 heavy (non-hydrogen) atoms. The lowest BCUT2D eigenvalue weighted by molar-refractivity contribution is 0.500. The lowest BCUT2D eigenvalue weighted by atomic mass is 10.1. The van der Waals surface area contributed by atoms with E-state index in [0.717, 1.165) is 6.42 Å². The van der Waals surface area contributed by atoms with Crippen molar-refractivity contribution in [3.8, 4) is 0 Å². The van der Waals surface area contributed by atoms with Crippen LogP contribution in [0.25, 0.3) is 0 Å². The molecule has 0 saturated carbocycles. The van der Waals surface area contributed by atoms with E-state index in [-0.39, 0.29) is 0 Å². The Hall–Kier alpha value is -1.34. The molecule has 1 unspecified atom stereocenters. The van der Waals surface area contributed by atoms with Crippen LogP contribution in [0.3, 0.4) is 0 Å². The molecule has 1 atom stereocenters. The minimum Gasteiger partial charge on any atom is -0.310 e. The predicted molar refractivity (Wildman–Crippen MR) is 125 cm³/mol. The lowest BCUT2D eigenvalue weighted by Gasteiger charge is -2.13. The molecule has 0 fully saturated rings. The Kier molecular flexibility index (Phi) is 12.8. The summed E-state index contributed by atoms with van der Waals surface area (Å²) in [6.45, 7) is 3.44. The molecule has 0 radical (unpaired) electrons. The van der Waals surface area contributed by atoms with Crippen molar-refractivity contribution in [2.45, 2.75) is 103 Å². The van der Waals surface area contributed by atoms with Crippen molar-refractivity contribution in [3.05, 3.63) is 59.7 Å². The average Bonchev–Trinajstić information content (AvgIpc) is 3.13. The summed E-state index contributed by atoms with van der Waals surface area (Å²) >= 11 is 0. The van der Waals surface area contributed by atoms with E-state index >= 15 is 0 Å². The normalized spacial score (nSPS) is 16.4. The van der Waals surface area contributed by atoms with Crippen LogP contribution in [-0.4, -0.2) is 6.54 Å². The fourth-order valence-electron chi connectivity index (χ4n) is 4.16. The third-order valence-corrected chi connectivity index (χ3v) is 5.90. The van der Waals surface area contributed by atoms with Gasteiger partial charge in [0.25, 0.3) is 0 Å². The van der Waals surface area contributed by atoms with Gasteiger partial charge in [-0.3, -0.25) is 0 Å². The molecule has 0 spiro atoms. The van der Waals surface area contributed by atoms with Crippen LogP contribution in [-0.2, 0) is 6.42 Å². The van der Waals surface area contributed by atoms with Gasteiger partial charge < -0.3 is 5.32 Å². The first kappa shape index (κ1) is 22.9. The number of benzene rings is 1. The topological polar surface area (TPSA) is 12.0 Å². The third-order valence-electron chi connectivity index (χ3n) is 5.90. The summed E-state index contributed by atoms with van der Waals surface area (Å²) in [7, 11) is 0. The molecule has 1 nitrogen and oxygen atoms in total. The van der Waals surface area contributed by atoms with E-state index in [9.17, 15) is 0 Å². The SMILES string of the molecule is CCCCCC=CCC=CCCCCCCCCNC1CCc2ccccc21. The molecule has 1 heteroatoms. The van der Waals surface area contributed by atoms with Crippen LogP contribution in [0, 0.1) is 0 Å². The summed E-state index contributed by atoms with van der Waals surface area (Å²) in [6, 6.07) is 9.55. The fourth-order valence-corrected chi connectivity index (χ4v) is 4.16. The van der Waals surface area contributed by atoms with Gasteiger partial charge in [0.1, 0.15) is 0 Å². The fraction of sp³-hybridized carbons (Fsp3) is 0.630. The second-order valence-corrected chi connectivity index (χ2v) is 8.33. The van der Waals surface area contributed by atoms with Gasteiger partial charge in [0.2, 0.25) is 0 Å². The lowest BCUT2D eigenvalue weighted by Crippen LogP contribution is -2.20. The first-order chi connectivity index (χ1) is 13.9. The van der Waals surface area contributed by atoms with E-state index in [1.54, 1.807) is 11.1 Å². The Morgan fingerprint density at radius 2 is 1.50 bits per heavy atom. The first-order valence-electron chi connectivity index (χ1n) is 12.0. The van der Waals surface area contributed by atoms with Crippen LogP contribution >= 0.6 is 0 Å². The third kappa shape index (κ3) is 9.73. The molecular formula is C27H43N. The average molecular weight is 382 g/mol. The molecule has 1 aromatic rings. The van der Waals surface area contributed by atoms with E-state index in [1.807, 2.05) is 0 Å². The van der Waals surface area contributed by atoms with Crippen LogP contribution in [0.15, 0.2) is 48.6 Å². The molecule has 1 N–H and O–H groups in total. The molecular weight excluding hydrogens is 338 g/mol. The Balaban J connectivity index is 1.34. The molecule has 156 valence electrons. The Labute approximate surface area is 174 Å². The summed E-state index contributed by atoms with van der Waals surface area (Å²) in [5, 5.41) is 3.77.